The molecule has 110 valence electrons. The van der Waals surface area contributed by atoms with Gasteiger partial charge in [0.15, 0.2) is 0 Å². The van der Waals surface area contributed by atoms with Gasteiger partial charge >= 0.3 is 0 Å². The van der Waals surface area contributed by atoms with Gasteiger partial charge < -0.3 is 9.64 Å². The van der Waals surface area contributed by atoms with Crippen molar-refractivity contribution in [2.45, 2.75) is 31.4 Å². The normalized spacial score (nSPS) is 26.9. The Balaban J connectivity index is 1.80. The molecule has 1 aliphatic carbocycles. The fraction of sp³-hybridized carbons (Fsp3) is 0.647. The summed E-state index contributed by atoms with van der Waals surface area (Å²) < 4.78 is 6.17. The lowest BCUT2D eigenvalue weighted by Gasteiger charge is -2.41. The number of aryl methyl sites for hydroxylation is 1. The van der Waals surface area contributed by atoms with Crippen molar-refractivity contribution in [2.24, 2.45) is 0 Å². The van der Waals surface area contributed by atoms with Gasteiger partial charge in [0.1, 0.15) is 0 Å². The Morgan fingerprint density at radius 3 is 3.00 bits per heavy atom. The topological polar surface area (TPSA) is 15.7 Å². The summed E-state index contributed by atoms with van der Waals surface area (Å²) in [6, 6.07) is 9.43. The van der Waals surface area contributed by atoms with E-state index in [2.05, 4.69) is 48.2 Å². The molecule has 0 saturated carbocycles. The van der Waals surface area contributed by atoms with E-state index >= 15 is 0 Å². The van der Waals surface area contributed by atoms with Crippen molar-refractivity contribution in [2.75, 3.05) is 40.3 Å². The van der Waals surface area contributed by atoms with E-state index in [9.17, 15) is 0 Å². The second-order valence-corrected chi connectivity index (χ2v) is 6.29. The highest BCUT2D eigenvalue weighted by atomic mass is 16.5. The Kier molecular flexibility index (Phi) is 4.39. The van der Waals surface area contributed by atoms with Crippen molar-refractivity contribution < 1.29 is 4.74 Å². The summed E-state index contributed by atoms with van der Waals surface area (Å²) in [6.45, 7) is 4.23. The molecule has 0 amide bonds. The van der Waals surface area contributed by atoms with E-state index in [1.165, 1.54) is 30.4 Å². The summed E-state index contributed by atoms with van der Waals surface area (Å²) in [6.07, 6.45) is 4.02. The molecule has 1 fully saturated rings. The van der Waals surface area contributed by atoms with Gasteiger partial charge in [0.05, 0.1) is 12.7 Å². The van der Waals surface area contributed by atoms with Crippen molar-refractivity contribution in [1.29, 1.82) is 0 Å². The van der Waals surface area contributed by atoms with Gasteiger partial charge in [0, 0.05) is 25.7 Å². The average Bonchev–Trinajstić information content (AvgIpc) is 2.65. The van der Waals surface area contributed by atoms with Crippen molar-refractivity contribution >= 4 is 0 Å². The molecule has 2 aliphatic rings. The quantitative estimate of drug-likeness (QED) is 0.841. The zero-order valence-corrected chi connectivity index (χ0v) is 12.7. The van der Waals surface area contributed by atoms with Crippen LogP contribution in [-0.4, -0.2) is 56.2 Å². The molecule has 20 heavy (non-hydrogen) atoms. The minimum Gasteiger partial charge on any atom is -0.371 e. The third kappa shape index (κ3) is 2.90. The highest BCUT2D eigenvalue weighted by Crippen LogP contribution is 2.36. The fourth-order valence-corrected chi connectivity index (χ4v) is 3.54. The first-order chi connectivity index (χ1) is 9.75. The molecule has 0 N–H and O–H groups in total. The Morgan fingerprint density at radius 2 is 2.15 bits per heavy atom. The van der Waals surface area contributed by atoms with E-state index < -0.39 is 0 Å². The van der Waals surface area contributed by atoms with Gasteiger partial charge in [-0.15, -0.1) is 0 Å². The second kappa shape index (κ2) is 6.25. The molecule has 3 rings (SSSR count). The van der Waals surface area contributed by atoms with Gasteiger partial charge in [-0.05, 0) is 44.5 Å². The van der Waals surface area contributed by atoms with Crippen LogP contribution in [0, 0.1) is 0 Å². The Hall–Kier alpha value is -0.900. The smallest absolute Gasteiger partial charge is 0.0983 e. The van der Waals surface area contributed by atoms with Gasteiger partial charge in [0.2, 0.25) is 0 Å². The first-order valence-electron chi connectivity index (χ1n) is 7.84. The van der Waals surface area contributed by atoms with Crippen LogP contribution >= 0.6 is 0 Å². The number of ether oxygens (including phenoxy) is 1. The maximum Gasteiger partial charge on any atom is 0.0983 e. The SMILES string of the molecule is CN(C)CCN1CCO[C@@H]2c3ccccc3CCC[C@H]21. The van der Waals surface area contributed by atoms with Crippen LogP contribution in [0.4, 0.5) is 0 Å². The summed E-state index contributed by atoms with van der Waals surface area (Å²) >= 11 is 0. The van der Waals surface area contributed by atoms with E-state index in [-0.39, 0.29) is 6.10 Å². The molecule has 0 unspecified atom stereocenters. The molecule has 2 atom stereocenters. The lowest BCUT2D eigenvalue weighted by atomic mass is 9.96. The highest BCUT2D eigenvalue weighted by molar-refractivity contribution is 5.32. The predicted molar refractivity (Wildman–Crippen MR) is 82.0 cm³/mol. The largest absolute Gasteiger partial charge is 0.371 e. The van der Waals surface area contributed by atoms with Gasteiger partial charge in [-0.1, -0.05) is 24.3 Å². The number of morpholine rings is 1. The van der Waals surface area contributed by atoms with Crippen LogP contribution in [0.3, 0.4) is 0 Å². The molecule has 0 spiro atoms. The monoisotopic (exact) mass is 274 g/mol. The van der Waals surface area contributed by atoms with E-state index in [0.717, 1.165) is 26.2 Å². The van der Waals surface area contributed by atoms with E-state index in [0.29, 0.717) is 6.04 Å². The van der Waals surface area contributed by atoms with Crippen molar-refractivity contribution in [1.82, 2.24) is 9.80 Å². The summed E-state index contributed by atoms with van der Waals surface area (Å²) in [7, 11) is 4.31. The molecule has 1 aliphatic heterocycles. The summed E-state index contributed by atoms with van der Waals surface area (Å²) in [4.78, 5) is 4.92. The van der Waals surface area contributed by atoms with Gasteiger partial charge in [-0.2, -0.15) is 0 Å². The third-order valence-electron chi connectivity index (χ3n) is 4.64. The van der Waals surface area contributed by atoms with Gasteiger partial charge in [-0.25, -0.2) is 0 Å². The minimum absolute atomic E-state index is 0.282. The maximum atomic E-state index is 6.17. The number of rotatable bonds is 3. The second-order valence-electron chi connectivity index (χ2n) is 6.29. The predicted octanol–water partition coefficient (Wildman–Crippen LogP) is 2.33. The van der Waals surface area contributed by atoms with Crippen LogP contribution in [0.1, 0.15) is 30.1 Å². The molecule has 1 saturated heterocycles. The number of nitrogens with zero attached hydrogens (tertiary/aromatic N) is 2. The van der Waals surface area contributed by atoms with Crippen LogP contribution in [0.5, 0.6) is 0 Å². The van der Waals surface area contributed by atoms with E-state index in [4.69, 9.17) is 4.74 Å². The van der Waals surface area contributed by atoms with Gasteiger partial charge in [0.25, 0.3) is 0 Å². The molecule has 1 aromatic carbocycles. The molecule has 3 nitrogen and oxygen atoms in total. The van der Waals surface area contributed by atoms with E-state index in [1.54, 1.807) is 0 Å². The molecule has 3 heteroatoms. The zero-order chi connectivity index (χ0) is 13.9. The first kappa shape index (κ1) is 14.1. The third-order valence-corrected chi connectivity index (χ3v) is 4.64. The molecular formula is C17H26N2O. The summed E-state index contributed by atoms with van der Waals surface area (Å²) in [5, 5.41) is 0. The molecule has 1 aromatic rings. The number of hydrogen-bond acceptors (Lipinski definition) is 3. The molecule has 0 radical (unpaired) electrons. The number of hydrogen-bond donors (Lipinski definition) is 0. The van der Waals surface area contributed by atoms with Crippen LogP contribution < -0.4 is 0 Å². The summed E-state index contributed by atoms with van der Waals surface area (Å²) in [5.74, 6) is 0. The van der Waals surface area contributed by atoms with E-state index in [1.807, 2.05) is 0 Å². The molecule has 1 heterocycles. The molecule has 0 aromatic heterocycles. The Bertz CT molecular complexity index is 446. The van der Waals surface area contributed by atoms with Crippen molar-refractivity contribution in [3.63, 3.8) is 0 Å². The first-order valence-corrected chi connectivity index (χ1v) is 7.84. The number of fused-ring (bicyclic) bond motifs is 3. The van der Waals surface area contributed by atoms with Crippen LogP contribution in [-0.2, 0) is 11.2 Å². The van der Waals surface area contributed by atoms with Crippen LogP contribution in [0.15, 0.2) is 24.3 Å². The maximum absolute atomic E-state index is 6.17. The zero-order valence-electron chi connectivity index (χ0n) is 12.7. The molecule has 0 bridgehead atoms. The Labute approximate surface area is 122 Å². The van der Waals surface area contributed by atoms with Gasteiger partial charge in [-0.3, -0.25) is 4.90 Å². The van der Waals surface area contributed by atoms with Crippen LogP contribution in [0.2, 0.25) is 0 Å². The standard InChI is InChI=1S/C17H26N2O/c1-18(2)10-11-19-12-13-20-17-15-8-4-3-6-14(15)7-5-9-16(17)19/h3-4,6,8,16-17H,5,7,9-13H2,1-2H3/t16-,17-/m1/s1. The molecular weight excluding hydrogens is 248 g/mol. The lowest BCUT2D eigenvalue weighted by molar-refractivity contribution is -0.0757. The average molecular weight is 274 g/mol. The number of benzene rings is 1. The number of likely N-dealkylation sites (N-methyl/N-ethyl adjacent to an activating group) is 1. The van der Waals surface area contributed by atoms with Crippen molar-refractivity contribution in [3.05, 3.63) is 35.4 Å². The highest BCUT2D eigenvalue weighted by Gasteiger charge is 2.35. The minimum atomic E-state index is 0.282. The van der Waals surface area contributed by atoms with Crippen LogP contribution in [0.25, 0.3) is 0 Å². The summed E-state index contributed by atoms with van der Waals surface area (Å²) in [5.41, 5.74) is 2.93. The van der Waals surface area contributed by atoms with Crippen molar-refractivity contribution in [3.8, 4) is 0 Å². The fourth-order valence-electron chi connectivity index (χ4n) is 3.54. The lowest BCUT2D eigenvalue weighted by Crippen LogP contribution is -2.49. The Morgan fingerprint density at radius 1 is 1.30 bits per heavy atom.